The molecule has 0 saturated carbocycles. The van der Waals surface area contributed by atoms with Gasteiger partial charge in [0.05, 0.1) is 18.1 Å². The summed E-state index contributed by atoms with van der Waals surface area (Å²) in [5.74, 6) is 0.286. The Morgan fingerprint density at radius 1 is 1.29 bits per heavy atom. The van der Waals surface area contributed by atoms with Crippen LogP contribution >= 0.6 is 0 Å². The lowest BCUT2D eigenvalue weighted by Gasteiger charge is -2.25. The van der Waals surface area contributed by atoms with Crippen molar-refractivity contribution in [3.8, 4) is 0 Å². The number of fused-ring (bicyclic) bond motifs is 1. The van der Waals surface area contributed by atoms with E-state index in [1.165, 1.54) is 0 Å². The molecule has 2 aromatic rings. The summed E-state index contributed by atoms with van der Waals surface area (Å²) in [6.45, 7) is 0.642. The molecule has 3 rings (SSSR count). The minimum absolute atomic E-state index is 0.0554. The van der Waals surface area contributed by atoms with Gasteiger partial charge in [0.25, 0.3) is 0 Å². The van der Waals surface area contributed by atoms with Crippen LogP contribution in [0.1, 0.15) is 12.0 Å². The number of carbonyl (C=O) groups excluding carboxylic acids is 1. The number of amides is 1. The Balaban J connectivity index is 1.58. The van der Waals surface area contributed by atoms with E-state index >= 15 is 0 Å². The minimum Gasteiger partial charge on any atom is -0.340 e. The van der Waals surface area contributed by atoms with Gasteiger partial charge in [0, 0.05) is 19.6 Å². The number of nitrogens with zero attached hydrogens (tertiary/aromatic N) is 4. The average molecular weight is 352 g/mol. The Morgan fingerprint density at radius 2 is 2.04 bits per heavy atom. The summed E-state index contributed by atoms with van der Waals surface area (Å²) in [6.07, 6.45) is 0.589. The van der Waals surface area contributed by atoms with Gasteiger partial charge >= 0.3 is 0 Å². The fourth-order valence-electron chi connectivity index (χ4n) is 2.87. The largest absolute Gasteiger partial charge is 0.340 e. The van der Waals surface area contributed by atoms with E-state index in [-0.39, 0.29) is 30.0 Å². The van der Waals surface area contributed by atoms with Crippen LogP contribution in [0.3, 0.4) is 0 Å². The summed E-state index contributed by atoms with van der Waals surface area (Å²) in [5.41, 5.74) is 2.26. The molecule has 0 radical (unpaired) electrons. The summed E-state index contributed by atoms with van der Waals surface area (Å²) in [6, 6.07) is 5.44. The van der Waals surface area contributed by atoms with Crippen LogP contribution in [0, 0.1) is 0 Å². The molecule has 9 heteroatoms. The Morgan fingerprint density at radius 3 is 2.75 bits per heavy atom. The highest BCUT2D eigenvalue weighted by Gasteiger charge is 2.31. The molecule has 1 amide bonds. The zero-order valence-corrected chi connectivity index (χ0v) is 14.5. The van der Waals surface area contributed by atoms with E-state index in [9.17, 15) is 13.2 Å². The van der Waals surface area contributed by atoms with E-state index in [0.717, 1.165) is 5.56 Å². The number of hydrogen-bond donors (Lipinski definition) is 0. The third-order valence-corrected chi connectivity index (χ3v) is 6.13. The van der Waals surface area contributed by atoms with Crippen LogP contribution in [-0.4, -0.2) is 72.6 Å². The zero-order chi connectivity index (χ0) is 17.3. The van der Waals surface area contributed by atoms with Crippen molar-refractivity contribution >= 4 is 26.8 Å². The fourth-order valence-corrected chi connectivity index (χ4v) is 4.68. The van der Waals surface area contributed by atoms with Crippen LogP contribution in [0.5, 0.6) is 0 Å². The van der Waals surface area contributed by atoms with Crippen molar-refractivity contribution in [2.75, 3.05) is 32.1 Å². The molecule has 0 aliphatic carbocycles. The number of likely N-dealkylation sites (N-methyl/N-ethyl adjacent to an activating group) is 2. The van der Waals surface area contributed by atoms with Crippen LogP contribution in [0.15, 0.2) is 22.8 Å². The normalized spacial score (nSPS) is 19.9. The second-order valence-electron chi connectivity index (χ2n) is 6.31. The lowest BCUT2D eigenvalue weighted by molar-refractivity contribution is -0.131. The van der Waals surface area contributed by atoms with Crippen LogP contribution in [0.4, 0.5) is 0 Å². The highest BCUT2D eigenvalue weighted by molar-refractivity contribution is 7.91. The van der Waals surface area contributed by atoms with Crippen molar-refractivity contribution in [1.82, 2.24) is 20.1 Å². The van der Waals surface area contributed by atoms with E-state index in [4.69, 9.17) is 0 Å². The van der Waals surface area contributed by atoms with E-state index in [1.54, 1.807) is 25.1 Å². The predicted octanol–water partition coefficient (Wildman–Crippen LogP) is 0.300. The molecule has 24 heavy (non-hydrogen) atoms. The third kappa shape index (κ3) is 3.73. The first-order valence-electron chi connectivity index (χ1n) is 7.70. The van der Waals surface area contributed by atoms with Gasteiger partial charge in [0.15, 0.2) is 9.84 Å². The summed E-state index contributed by atoms with van der Waals surface area (Å²) < 4.78 is 27.8. The number of sulfone groups is 1. The topological polar surface area (TPSA) is 96.6 Å². The van der Waals surface area contributed by atoms with Crippen molar-refractivity contribution in [3.05, 3.63) is 23.8 Å². The van der Waals surface area contributed by atoms with Crippen molar-refractivity contribution in [2.45, 2.75) is 19.0 Å². The molecule has 0 bridgehead atoms. The van der Waals surface area contributed by atoms with Crippen molar-refractivity contribution in [2.24, 2.45) is 0 Å². The van der Waals surface area contributed by atoms with E-state index in [0.29, 0.717) is 24.0 Å². The monoisotopic (exact) mass is 352 g/mol. The SMILES string of the molecule is CN(Cc1ccc2nonc2c1)C(=O)CN(C)C1CCS(=O)(=O)C1. The summed E-state index contributed by atoms with van der Waals surface area (Å²) in [4.78, 5) is 15.8. The van der Waals surface area contributed by atoms with Crippen molar-refractivity contribution in [1.29, 1.82) is 0 Å². The molecule has 1 unspecified atom stereocenters. The van der Waals surface area contributed by atoms with Crippen LogP contribution in [0.25, 0.3) is 11.0 Å². The Hall–Kier alpha value is -2.00. The molecule has 1 aromatic heterocycles. The zero-order valence-electron chi connectivity index (χ0n) is 13.7. The van der Waals surface area contributed by atoms with Crippen molar-refractivity contribution < 1.29 is 17.8 Å². The highest BCUT2D eigenvalue weighted by Crippen LogP contribution is 2.17. The van der Waals surface area contributed by atoms with E-state index < -0.39 is 9.84 Å². The molecule has 8 nitrogen and oxygen atoms in total. The molecule has 0 N–H and O–H groups in total. The molecule has 130 valence electrons. The number of hydrogen-bond acceptors (Lipinski definition) is 7. The number of carbonyl (C=O) groups is 1. The molecule has 1 fully saturated rings. The predicted molar refractivity (Wildman–Crippen MR) is 88.0 cm³/mol. The molecular formula is C15H20N4O4S. The molecule has 0 spiro atoms. The maximum absolute atomic E-state index is 12.4. The molecular weight excluding hydrogens is 332 g/mol. The highest BCUT2D eigenvalue weighted by atomic mass is 32.2. The Kier molecular flexibility index (Phi) is 4.55. The Bertz CT molecular complexity index is 848. The van der Waals surface area contributed by atoms with Gasteiger partial charge in [-0.3, -0.25) is 9.69 Å². The Labute approximate surface area is 140 Å². The first-order valence-corrected chi connectivity index (χ1v) is 9.52. The minimum atomic E-state index is -2.95. The smallest absolute Gasteiger partial charge is 0.236 e. The molecule has 1 saturated heterocycles. The number of aromatic nitrogens is 2. The average Bonchev–Trinajstić information content (AvgIpc) is 3.12. The maximum atomic E-state index is 12.4. The first-order chi connectivity index (χ1) is 11.3. The van der Waals surface area contributed by atoms with Gasteiger partial charge in [-0.1, -0.05) is 6.07 Å². The second-order valence-corrected chi connectivity index (χ2v) is 8.54. The number of rotatable bonds is 5. The molecule has 1 aliphatic heterocycles. The summed E-state index contributed by atoms with van der Waals surface area (Å²) in [7, 11) is 0.576. The van der Waals surface area contributed by atoms with Crippen LogP contribution in [0.2, 0.25) is 0 Å². The van der Waals surface area contributed by atoms with Gasteiger partial charge in [-0.25, -0.2) is 13.0 Å². The molecule has 1 aromatic carbocycles. The molecule has 1 atom stereocenters. The second kappa shape index (κ2) is 6.48. The maximum Gasteiger partial charge on any atom is 0.236 e. The summed E-state index contributed by atoms with van der Waals surface area (Å²) >= 11 is 0. The first kappa shape index (κ1) is 16.8. The standard InChI is InChI=1S/C15H20N4O4S/c1-18(12-5-6-24(21,22)10-12)9-15(20)19(2)8-11-3-4-13-14(7-11)17-23-16-13/h3-4,7,12H,5-6,8-10H2,1-2H3. The van der Waals surface area contributed by atoms with E-state index in [2.05, 4.69) is 14.9 Å². The molecule has 2 heterocycles. The van der Waals surface area contributed by atoms with Gasteiger partial charge in [0.1, 0.15) is 11.0 Å². The lowest BCUT2D eigenvalue weighted by Crippen LogP contribution is -2.41. The van der Waals surface area contributed by atoms with Gasteiger partial charge in [-0.05, 0) is 41.5 Å². The summed E-state index contributed by atoms with van der Waals surface area (Å²) in [5, 5.41) is 7.54. The van der Waals surface area contributed by atoms with Gasteiger partial charge < -0.3 is 4.90 Å². The van der Waals surface area contributed by atoms with Gasteiger partial charge in [0.2, 0.25) is 5.91 Å². The van der Waals surface area contributed by atoms with E-state index in [1.807, 2.05) is 17.0 Å². The lowest BCUT2D eigenvalue weighted by atomic mass is 10.2. The van der Waals surface area contributed by atoms with Gasteiger partial charge in [-0.15, -0.1) is 0 Å². The quantitative estimate of drug-likeness (QED) is 0.763. The fraction of sp³-hybridized carbons (Fsp3) is 0.533. The van der Waals surface area contributed by atoms with Crippen LogP contribution in [-0.2, 0) is 21.2 Å². The molecule has 1 aliphatic rings. The number of benzene rings is 1. The third-order valence-electron chi connectivity index (χ3n) is 4.38. The van der Waals surface area contributed by atoms with Crippen molar-refractivity contribution in [3.63, 3.8) is 0 Å². The van der Waals surface area contributed by atoms with Crippen LogP contribution < -0.4 is 0 Å². The van der Waals surface area contributed by atoms with Gasteiger partial charge in [-0.2, -0.15) is 0 Å².